The average Bonchev–Trinajstić information content (AvgIpc) is 1.79. The molecule has 0 radical (unpaired) electrons. The highest BCUT2D eigenvalue weighted by molar-refractivity contribution is 5.85. The molecule has 70 valence electrons. The van der Waals surface area contributed by atoms with Crippen LogP contribution in [0.5, 0.6) is 0 Å². The molecule has 0 spiro atoms. The molecular formula is C10H17FO. The van der Waals surface area contributed by atoms with E-state index in [0.717, 1.165) is 6.42 Å². The summed E-state index contributed by atoms with van der Waals surface area (Å²) in [4.78, 5) is 11.3. The Labute approximate surface area is 73.3 Å². The van der Waals surface area contributed by atoms with Crippen molar-refractivity contribution in [2.24, 2.45) is 10.8 Å². The van der Waals surface area contributed by atoms with E-state index in [4.69, 9.17) is 0 Å². The Morgan fingerprint density at radius 1 is 1.33 bits per heavy atom. The Morgan fingerprint density at radius 2 is 1.83 bits per heavy atom. The molecule has 0 bridgehead atoms. The van der Waals surface area contributed by atoms with E-state index in [1.807, 2.05) is 27.7 Å². The van der Waals surface area contributed by atoms with Crippen LogP contribution in [0.15, 0.2) is 0 Å². The third-order valence-electron chi connectivity index (χ3n) is 2.56. The van der Waals surface area contributed by atoms with Gasteiger partial charge in [0.05, 0.1) is 0 Å². The molecule has 1 nitrogen and oxygen atoms in total. The second kappa shape index (κ2) is 2.54. The van der Waals surface area contributed by atoms with E-state index < -0.39 is 11.6 Å². The van der Waals surface area contributed by atoms with E-state index >= 15 is 0 Å². The summed E-state index contributed by atoms with van der Waals surface area (Å²) >= 11 is 0. The standard InChI is InChI=1S/C10H17FO/c1-9(2)5-7(12)8(11)10(3,4)6-9/h8H,5-6H2,1-4H3/t8-/m0/s1. The number of hydrogen-bond donors (Lipinski definition) is 0. The normalized spacial score (nSPS) is 33.4. The molecule has 1 rings (SSSR count). The second-order valence-electron chi connectivity index (χ2n) is 5.34. The topological polar surface area (TPSA) is 17.1 Å². The van der Waals surface area contributed by atoms with E-state index in [1.165, 1.54) is 0 Å². The summed E-state index contributed by atoms with van der Waals surface area (Å²) in [6.07, 6.45) is -0.0876. The number of carbonyl (C=O) groups excluding carboxylic acids is 1. The molecule has 12 heavy (non-hydrogen) atoms. The van der Waals surface area contributed by atoms with Gasteiger partial charge in [0.15, 0.2) is 12.0 Å². The Hall–Kier alpha value is -0.400. The maximum atomic E-state index is 13.3. The molecule has 0 N–H and O–H groups in total. The largest absolute Gasteiger partial charge is 0.296 e. The minimum atomic E-state index is -1.26. The lowest BCUT2D eigenvalue weighted by molar-refractivity contribution is -0.136. The fourth-order valence-electron chi connectivity index (χ4n) is 2.38. The molecule has 0 heterocycles. The van der Waals surface area contributed by atoms with Gasteiger partial charge in [0.25, 0.3) is 0 Å². The van der Waals surface area contributed by atoms with Crippen LogP contribution in [0.3, 0.4) is 0 Å². The van der Waals surface area contributed by atoms with Gasteiger partial charge in [0.1, 0.15) is 0 Å². The smallest absolute Gasteiger partial charge is 0.167 e. The molecule has 1 aliphatic rings. The zero-order chi connectivity index (χ0) is 9.57. The summed E-state index contributed by atoms with van der Waals surface area (Å²) in [6.45, 7) is 7.71. The predicted octanol–water partition coefficient (Wildman–Crippen LogP) is 2.74. The van der Waals surface area contributed by atoms with Crippen molar-refractivity contribution in [1.29, 1.82) is 0 Å². The first-order valence-electron chi connectivity index (χ1n) is 4.41. The third kappa shape index (κ3) is 1.67. The van der Waals surface area contributed by atoms with E-state index in [9.17, 15) is 9.18 Å². The number of ketones is 1. The SMILES string of the molecule is CC1(C)CC(=O)[C@H](F)C(C)(C)C1. The van der Waals surface area contributed by atoms with Crippen molar-refractivity contribution in [1.82, 2.24) is 0 Å². The quantitative estimate of drug-likeness (QED) is 0.549. The number of carbonyl (C=O) groups is 1. The Morgan fingerprint density at radius 3 is 2.25 bits per heavy atom. The summed E-state index contributed by atoms with van der Waals surface area (Å²) in [7, 11) is 0. The molecule has 0 amide bonds. The van der Waals surface area contributed by atoms with Crippen molar-refractivity contribution in [2.75, 3.05) is 0 Å². The summed E-state index contributed by atoms with van der Waals surface area (Å²) in [5.41, 5.74) is -0.498. The van der Waals surface area contributed by atoms with Crippen molar-refractivity contribution in [2.45, 2.75) is 46.7 Å². The highest BCUT2D eigenvalue weighted by Gasteiger charge is 2.45. The van der Waals surface area contributed by atoms with Gasteiger partial charge in [-0.15, -0.1) is 0 Å². The first kappa shape index (κ1) is 9.69. The molecule has 0 aromatic heterocycles. The lowest BCUT2D eigenvalue weighted by atomic mass is 9.64. The third-order valence-corrected chi connectivity index (χ3v) is 2.56. The monoisotopic (exact) mass is 172 g/mol. The maximum Gasteiger partial charge on any atom is 0.167 e. The van der Waals surface area contributed by atoms with Gasteiger partial charge >= 0.3 is 0 Å². The highest BCUT2D eigenvalue weighted by Crippen LogP contribution is 2.45. The Bertz CT molecular complexity index is 206. The van der Waals surface area contributed by atoms with Crippen molar-refractivity contribution in [3.8, 4) is 0 Å². The van der Waals surface area contributed by atoms with Gasteiger partial charge in [-0.1, -0.05) is 27.7 Å². The van der Waals surface area contributed by atoms with Crippen molar-refractivity contribution in [3.05, 3.63) is 0 Å². The molecule has 0 aromatic carbocycles. The summed E-state index contributed by atoms with van der Waals surface area (Å²) in [5.74, 6) is -0.226. The lowest BCUT2D eigenvalue weighted by Crippen LogP contribution is -2.44. The van der Waals surface area contributed by atoms with Crippen LogP contribution < -0.4 is 0 Å². The van der Waals surface area contributed by atoms with Crippen molar-refractivity contribution < 1.29 is 9.18 Å². The number of Topliss-reactive ketones (excluding diaryl/α,β-unsaturated/α-hetero) is 1. The van der Waals surface area contributed by atoms with E-state index in [0.29, 0.717) is 6.42 Å². The molecule has 1 fully saturated rings. The highest BCUT2D eigenvalue weighted by atomic mass is 19.1. The molecule has 1 atom stereocenters. The fraction of sp³-hybridized carbons (Fsp3) is 0.900. The van der Waals surface area contributed by atoms with Crippen LogP contribution in [0, 0.1) is 10.8 Å². The second-order valence-corrected chi connectivity index (χ2v) is 5.34. The first-order valence-corrected chi connectivity index (χ1v) is 4.41. The molecule has 1 aliphatic carbocycles. The van der Waals surface area contributed by atoms with Gasteiger partial charge in [0.2, 0.25) is 0 Å². The van der Waals surface area contributed by atoms with E-state index in [-0.39, 0.29) is 11.2 Å². The van der Waals surface area contributed by atoms with E-state index in [1.54, 1.807) is 0 Å². The zero-order valence-corrected chi connectivity index (χ0v) is 8.28. The Balaban J connectivity index is 2.87. The molecular weight excluding hydrogens is 155 g/mol. The van der Waals surface area contributed by atoms with Crippen molar-refractivity contribution >= 4 is 5.78 Å². The van der Waals surface area contributed by atoms with Gasteiger partial charge in [-0.25, -0.2) is 4.39 Å². The van der Waals surface area contributed by atoms with Crippen LogP contribution >= 0.6 is 0 Å². The maximum absolute atomic E-state index is 13.3. The number of halogens is 1. The minimum absolute atomic E-state index is 0.0246. The summed E-state index contributed by atoms with van der Waals surface area (Å²) in [5, 5.41) is 0. The van der Waals surface area contributed by atoms with Crippen LogP contribution in [0.25, 0.3) is 0 Å². The molecule has 2 heteroatoms. The van der Waals surface area contributed by atoms with Gasteiger partial charge in [0, 0.05) is 11.8 Å². The Kier molecular flexibility index (Phi) is 2.05. The lowest BCUT2D eigenvalue weighted by Gasteiger charge is -2.41. The van der Waals surface area contributed by atoms with Crippen LogP contribution in [0.1, 0.15) is 40.5 Å². The molecule has 0 aromatic rings. The van der Waals surface area contributed by atoms with Gasteiger partial charge in [-0.05, 0) is 11.8 Å². The van der Waals surface area contributed by atoms with Crippen molar-refractivity contribution in [3.63, 3.8) is 0 Å². The number of alkyl halides is 1. The van der Waals surface area contributed by atoms with Crippen LogP contribution in [-0.2, 0) is 4.79 Å². The molecule has 0 saturated heterocycles. The van der Waals surface area contributed by atoms with E-state index in [2.05, 4.69) is 0 Å². The molecule has 0 aliphatic heterocycles. The summed E-state index contributed by atoms with van der Waals surface area (Å²) in [6, 6.07) is 0. The molecule has 0 unspecified atom stereocenters. The first-order chi connectivity index (χ1) is 5.25. The summed E-state index contributed by atoms with van der Waals surface area (Å²) < 4.78 is 13.3. The van der Waals surface area contributed by atoms with Crippen LogP contribution in [0.2, 0.25) is 0 Å². The van der Waals surface area contributed by atoms with Gasteiger partial charge < -0.3 is 0 Å². The minimum Gasteiger partial charge on any atom is -0.296 e. The number of hydrogen-bond acceptors (Lipinski definition) is 1. The molecule has 1 saturated carbocycles. The van der Waals surface area contributed by atoms with Crippen LogP contribution in [0.4, 0.5) is 4.39 Å². The predicted molar refractivity (Wildman–Crippen MR) is 46.7 cm³/mol. The van der Waals surface area contributed by atoms with Gasteiger partial charge in [-0.2, -0.15) is 0 Å². The zero-order valence-electron chi connectivity index (χ0n) is 8.28. The number of rotatable bonds is 0. The average molecular weight is 172 g/mol. The fourth-order valence-corrected chi connectivity index (χ4v) is 2.38. The van der Waals surface area contributed by atoms with Gasteiger partial charge in [-0.3, -0.25) is 4.79 Å². The van der Waals surface area contributed by atoms with Crippen LogP contribution in [-0.4, -0.2) is 12.0 Å².